The van der Waals surface area contributed by atoms with E-state index in [0.29, 0.717) is 14.9 Å². The van der Waals surface area contributed by atoms with Crippen LogP contribution in [0.4, 0.5) is 5.00 Å². The molecule has 23 heavy (non-hydrogen) atoms. The number of hydrogen-bond acceptors (Lipinski definition) is 5. The van der Waals surface area contributed by atoms with Gasteiger partial charge in [-0.15, -0.1) is 22.7 Å². The zero-order chi connectivity index (χ0) is 16.6. The monoisotopic (exact) mass is 369 g/mol. The molecule has 1 aliphatic heterocycles. The second-order valence-electron chi connectivity index (χ2n) is 5.49. The van der Waals surface area contributed by atoms with Gasteiger partial charge in [0.15, 0.2) is 0 Å². The summed E-state index contributed by atoms with van der Waals surface area (Å²) in [5.74, 6) is -0.653. The highest BCUT2D eigenvalue weighted by Crippen LogP contribution is 2.36. The van der Waals surface area contributed by atoms with E-state index in [-0.39, 0.29) is 12.3 Å². The fourth-order valence-corrected chi connectivity index (χ4v) is 5.09. The number of nitrogens with two attached hydrogens (primary N) is 1. The van der Waals surface area contributed by atoms with Gasteiger partial charge in [-0.25, -0.2) is 0 Å². The van der Waals surface area contributed by atoms with Crippen molar-refractivity contribution in [3.8, 4) is 0 Å². The predicted octanol–water partition coefficient (Wildman–Crippen LogP) is 2.73. The van der Waals surface area contributed by atoms with Crippen LogP contribution in [0.5, 0.6) is 0 Å². The third kappa shape index (κ3) is 3.58. The highest BCUT2D eigenvalue weighted by Gasteiger charge is 2.26. The molecule has 122 valence electrons. The Morgan fingerprint density at radius 1 is 1.39 bits per heavy atom. The van der Waals surface area contributed by atoms with Crippen LogP contribution in [0.3, 0.4) is 0 Å². The molecule has 0 aliphatic carbocycles. The first-order valence-electron chi connectivity index (χ1n) is 7.11. The highest BCUT2D eigenvalue weighted by molar-refractivity contribution is 7.17. The summed E-state index contributed by atoms with van der Waals surface area (Å²) >= 11 is 8.69. The lowest BCUT2D eigenvalue weighted by atomic mass is 10.0. The molecule has 2 aromatic rings. The number of anilines is 1. The molecule has 5 nitrogen and oxygen atoms in total. The van der Waals surface area contributed by atoms with Crippen LogP contribution in [-0.2, 0) is 24.2 Å². The molecule has 0 bridgehead atoms. The number of carbonyl (C=O) groups excluding carboxylic acids is 2. The van der Waals surface area contributed by atoms with Crippen LogP contribution in [0.25, 0.3) is 0 Å². The molecule has 0 unspecified atom stereocenters. The van der Waals surface area contributed by atoms with Gasteiger partial charge in [0.2, 0.25) is 5.91 Å². The molecule has 1 aliphatic rings. The average Bonchev–Trinajstić information content (AvgIpc) is 3.01. The van der Waals surface area contributed by atoms with Crippen LogP contribution in [0.15, 0.2) is 12.1 Å². The lowest BCUT2D eigenvalue weighted by Crippen LogP contribution is -2.27. The standard InChI is InChI=1S/C15H16ClN3O2S2/c1-19-5-4-9-10(7-19)23-15(13(9)14(17)21)18-12(20)6-8-2-3-11(16)22-8/h2-3H,4-7H2,1H3,(H2,17,21)(H,18,20). The Morgan fingerprint density at radius 3 is 2.83 bits per heavy atom. The number of nitrogens with one attached hydrogen (secondary N) is 1. The number of halogens is 1. The van der Waals surface area contributed by atoms with Gasteiger partial charge in [0, 0.05) is 22.8 Å². The normalized spacial score (nSPS) is 14.5. The van der Waals surface area contributed by atoms with E-state index in [1.165, 1.54) is 22.7 Å². The molecule has 8 heteroatoms. The van der Waals surface area contributed by atoms with Gasteiger partial charge in [0.05, 0.1) is 16.3 Å². The first-order chi connectivity index (χ1) is 10.9. The summed E-state index contributed by atoms with van der Waals surface area (Å²) in [5.41, 5.74) is 6.99. The average molecular weight is 370 g/mol. The van der Waals surface area contributed by atoms with Gasteiger partial charge in [-0.3, -0.25) is 9.59 Å². The van der Waals surface area contributed by atoms with Crippen LogP contribution >= 0.6 is 34.3 Å². The van der Waals surface area contributed by atoms with Gasteiger partial charge >= 0.3 is 0 Å². The minimum Gasteiger partial charge on any atom is -0.365 e. The molecular formula is C15H16ClN3O2S2. The van der Waals surface area contributed by atoms with E-state index < -0.39 is 5.91 Å². The lowest BCUT2D eigenvalue weighted by molar-refractivity contribution is -0.115. The molecule has 0 saturated carbocycles. The highest BCUT2D eigenvalue weighted by atomic mass is 35.5. The Labute approximate surface area is 147 Å². The first-order valence-corrected chi connectivity index (χ1v) is 9.12. The van der Waals surface area contributed by atoms with E-state index in [1.807, 2.05) is 13.1 Å². The van der Waals surface area contributed by atoms with Crippen molar-refractivity contribution < 1.29 is 9.59 Å². The fourth-order valence-electron chi connectivity index (χ4n) is 2.66. The Balaban J connectivity index is 1.82. The van der Waals surface area contributed by atoms with Crippen LogP contribution in [-0.4, -0.2) is 30.3 Å². The van der Waals surface area contributed by atoms with E-state index in [4.69, 9.17) is 17.3 Å². The SMILES string of the molecule is CN1CCc2c(sc(NC(=O)Cc3ccc(Cl)s3)c2C(N)=O)C1. The van der Waals surface area contributed by atoms with E-state index in [2.05, 4.69) is 10.2 Å². The van der Waals surface area contributed by atoms with Crippen molar-refractivity contribution in [3.05, 3.63) is 37.4 Å². The molecule has 0 spiro atoms. The number of rotatable bonds is 4. The van der Waals surface area contributed by atoms with Crippen LogP contribution in [0, 0.1) is 0 Å². The smallest absolute Gasteiger partial charge is 0.251 e. The Kier molecular flexibility index (Phi) is 4.72. The summed E-state index contributed by atoms with van der Waals surface area (Å²) in [6.45, 7) is 1.65. The van der Waals surface area contributed by atoms with Crippen molar-refractivity contribution in [3.63, 3.8) is 0 Å². The van der Waals surface area contributed by atoms with Gasteiger partial charge in [0.25, 0.3) is 5.91 Å². The Hall–Kier alpha value is -1.41. The molecule has 0 saturated heterocycles. The zero-order valence-corrected chi connectivity index (χ0v) is 14.9. The minimum absolute atomic E-state index is 0.169. The summed E-state index contributed by atoms with van der Waals surface area (Å²) in [6, 6.07) is 3.60. The molecule has 2 amide bonds. The van der Waals surface area contributed by atoms with Gasteiger partial charge < -0.3 is 16.0 Å². The molecule has 0 radical (unpaired) electrons. The van der Waals surface area contributed by atoms with Crippen molar-refractivity contribution in [1.82, 2.24) is 4.90 Å². The summed E-state index contributed by atoms with van der Waals surface area (Å²) in [7, 11) is 2.03. The van der Waals surface area contributed by atoms with Crippen LogP contribution < -0.4 is 11.1 Å². The fraction of sp³-hybridized carbons (Fsp3) is 0.333. The molecule has 3 rings (SSSR count). The molecule has 0 fully saturated rings. The Bertz CT molecular complexity index is 769. The second kappa shape index (κ2) is 6.60. The van der Waals surface area contributed by atoms with E-state index in [1.54, 1.807) is 6.07 Å². The third-order valence-electron chi connectivity index (χ3n) is 3.71. The van der Waals surface area contributed by atoms with Crippen molar-refractivity contribution >= 4 is 51.1 Å². The number of amides is 2. The van der Waals surface area contributed by atoms with Gasteiger partial charge in [-0.1, -0.05) is 11.6 Å². The molecule has 3 N–H and O–H groups in total. The number of primary amides is 1. The summed E-state index contributed by atoms with van der Waals surface area (Å²) in [4.78, 5) is 28.2. The van der Waals surface area contributed by atoms with E-state index in [9.17, 15) is 9.59 Å². The number of carbonyl (C=O) groups is 2. The topological polar surface area (TPSA) is 75.4 Å². The maximum absolute atomic E-state index is 12.2. The summed E-state index contributed by atoms with van der Waals surface area (Å²) in [6.07, 6.45) is 1.01. The molecule has 2 aromatic heterocycles. The lowest BCUT2D eigenvalue weighted by Gasteiger charge is -2.22. The number of likely N-dealkylation sites (N-methyl/N-ethyl adjacent to an activating group) is 1. The maximum atomic E-state index is 12.2. The quantitative estimate of drug-likeness (QED) is 0.870. The maximum Gasteiger partial charge on any atom is 0.251 e. The molecule has 0 atom stereocenters. The van der Waals surface area contributed by atoms with Gasteiger partial charge in [-0.2, -0.15) is 0 Å². The van der Waals surface area contributed by atoms with Crippen molar-refractivity contribution in [2.75, 3.05) is 18.9 Å². The van der Waals surface area contributed by atoms with Crippen LogP contribution in [0.1, 0.15) is 25.7 Å². The largest absolute Gasteiger partial charge is 0.365 e. The van der Waals surface area contributed by atoms with E-state index in [0.717, 1.165) is 34.8 Å². The molecule has 0 aromatic carbocycles. The van der Waals surface area contributed by atoms with Crippen molar-refractivity contribution in [1.29, 1.82) is 0 Å². The summed E-state index contributed by atoms with van der Waals surface area (Å²) < 4.78 is 0.653. The second-order valence-corrected chi connectivity index (χ2v) is 8.40. The van der Waals surface area contributed by atoms with Gasteiger partial charge in [-0.05, 0) is 31.2 Å². The van der Waals surface area contributed by atoms with Crippen LogP contribution in [0.2, 0.25) is 4.34 Å². The molecular weight excluding hydrogens is 354 g/mol. The minimum atomic E-state index is -0.485. The van der Waals surface area contributed by atoms with Crippen molar-refractivity contribution in [2.24, 2.45) is 5.73 Å². The number of nitrogens with zero attached hydrogens (tertiary/aromatic N) is 1. The van der Waals surface area contributed by atoms with E-state index >= 15 is 0 Å². The zero-order valence-electron chi connectivity index (χ0n) is 12.5. The number of fused-ring (bicyclic) bond motifs is 1. The molecule has 3 heterocycles. The third-order valence-corrected chi connectivity index (χ3v) is 6.07. The number of hydrogen-bond donors (Lipinski definition) is 2. The first kappa shape index (κ1) is 16.4. The van der Waals surface area contributed by atoms with Gasteiger partial charge in [0.1, 0.15) is 5.00 Å². The number of thiophene rings is 2. The Morgan fingerprint density at radius 2 is 2.17 bits per heavy atom. The summed E-state index contributed by atoms with van der Waals surface area (Å²) in [5, 5.41) is 3.41. The predicted molar refractivity (Wildman–Crippen MR) is 94.5 cm³/mol. The van der Waals surface area contributed by atoms with Crippen molar-refractivity contribution in [2.45, 2.75) is 19.4 Å².